The van der Waals surface area contributed by atoms with Crippen LogP contribution in [-0.2, 0) is 14.9 Å². The van der Waals surface area contributed by atoms with E-state index in [2.05, 4.69) is 31.3 Å². The highest BCUT2D eigenvalue weighted by atomic mass is 32.2. The Labute approximate surface area is 246 Å². The highest BCUT2D eigenvalue weighted by molar-refractivity contribution is 7.85. The molecule has 8 heteroatoms. The molecular weight excluding hydrogens is 526 g/mol. The summed E-state index contributed by atoms with van der Waals surface area (Å²) in [7, 11) is -4.40. The van der Waals surface area contributed by atoms with Crippen molar-refractivity contribution in [2.75, 3.05) is 5.75 Å². The van der Waals surface area contributed by atoms with Crippen LogP contribution in [0.15, 0.2) is 12.2 Å². The summed E-state index contributed by atoms with van der Waals surface area (Å²) in [5.74, 6) is -1.47. The topological polar surface area (TPSA) is 124 Å². The summed E-state index contributed by atoms with van der Waals surface area (Å²) < 4.78 is 32.3. The van der Waals surface area contributed by atoms with Crippen molar-refractivity contribution < 1.29 is 28.0 Å². The molecule has 0 aromatic carbocycles. The number of unbranched alkanes of at least 4 members (excludes halogenated alkanes) is 18. The maximum Gasteiger partial charge on any atom is 0.266 e. The van der Waals surface area contributed by atoms with Gasteiger partial charge >= 0.3 is 0 Å². The predicted octanol–water partition coefficient (Wildman–Crippen LogP) is 7.65. The van der Waals surface area contributed by atoms with Crippen molar-refractivity contribution in [1.82, 2.24) is 5.32 Å². The molecule has 0 fully saturated rings. The third-order valence-corrected chi connectivity index (χ3v) is 8.36. The predicted molar refractivity (Wildman–Crippen MR) is 167 cm³/mol. The summed E-state index contributed by atoms with van der Waals surface area (Å²) in [5, 5.41) is 23.3. The third kappa shape index (κ3) is 26.0. The monoisotopic (exact) mass is 589 g/mol. The number of amides is 1. The molecule has 0 aliphatic carbocycles. The van der Waals surface area contributed by atoms with Crippen LogP contribution >= 0.6 is 0 Å². The Hall–Kier alpha value is -0.960. The zero-order chi connectivity index (χ0) is 29.9. The van der Waals surface area contributed by atoms with Gasteiger partial charge in [-0.2, -0.15) is 8.42 Å². The molecule has 3 unspecified atom stereocenters. The third-order valence-electron chi connectivity index (χ3n) is 7.58. The fraction of sp³-hybridized carbons (Fsp3) is 0.906. The fourth-order valence-corrected chi connectivity index (χ4v) is 5.73. The van der Waals surface area contributed by atoms with Crippen LogP contribution in [0.1, 0.15) is 162 Å². The van der Waals surface area contributed by atoms with Gasteiger partial charge in [-0.05, 0) is 32.1 Å². The van der Waals surface area contributed by atoms with E-state index in [4.69, 9.17) is 0 Å². The van der Waals surface area contributed by atoms with Crippen LogP contribution in [-0.4, -0.2) is 53.1 Å². The lowest BCUT2D eigenvalue weighted by Crippen LogP contribution is -2.50. The molecule has 0 aromatic rings. The van der Waals surface area contributed by atoms with Gasteiger partial charge in [0.25, 0.3) is 10.1 Å². The lowest BCUT2D eigenvalue weighted by Gasteiger charge is -2.24. The maximum atomic E-state index is 12.5. The van der Waals surface area contributed by atoms with Crippen LogP contribution in [0.5, 0.6) is 0 Å². The molecule has 238 valence electrons. The van der Waals surface area contributed by atoms with Crippen molar-refractivity contribution in [1.29, 1.82) is 0 Å². The SMILES string of the molecule is CCCC/C=C\CCCCCC(O)C(=O)NC(CS(=O)(=O)O)C(O)CCCCCCCCCCCCCCCC. The van der Waals surface area contributed by atoms with Crippen molar-refractivity contribution in [2.24, 2.45) is 0 Å². The van der Waals surface area contributed by atoms with E-state index in [1.54, 1.807) is 0 Å². The molecule has 40 heavy (non-hydrogen) atoms. The van der Waals surface area contributed by atoms with Crippen LogP contribution < -0.4 is 5.32 Å². The molecule has 0 aliphatic heterocycles. The molecule has 7 nitrogen and oxygen atoms in total. The Balaban J connectivity index is 4.12. The van der Waals surface area contributed by atoms with Crippen molar-refractivity contribution in [2.45, 2.75) is 180 Å². The van der Waals surface area contributed by atoms with Crippen LogP contribution in [0.2, 0.25) is 0 Å². The Kier molecular flexibility index (Phi) is 26.3. The molecular formula is C32H63NO6S. The van der Waals surface area contributed by atoms with Crippen molar-refractivity contribution in [3.63, 3.8) is 0 Å². The van der Waals surface area contributed by atoms with Crippen molar-refractivity contribution >= 4 is 16.0 Å². The van der Waals surface area contributed by atoms with E-state index < -0.39 is 40.0 Å². The molecule has 0 heterocycles. The molecule has 0 saturated heterocycles. The molecule has 0 saturated carbocycles. The quantitative estimate of drug-likeness (QED) is 0.0404. The van der Waals surface area contributed by atoms with Gasteiger partial charge in [0.1, 0.15) is 6.10 Å². The molecule has 0 aliphatic rings. The largest absolute Gasteiger partial charge is 0.391 e. The minimum absolute atomic E-state index is 0.277. The molecule has 0 radical (unpaired) electrons. The molecule has 0 aromatic heterocycles. The first-order chi connectivity index (χ1) is 19.2. The number of carbonyl (C=O) groups excluding carboxylic acids is 1. The van der Waals surface area contributed by atoms with E-state index in [0.717, 1.165) is 44.9 Å². The Bertz CT molecular complexity index is 712. The molecule has 3 atom stereocenters. The number of allylic oxidation sites excluding steroid dienone is 2. The van der Waals surface area contributed by atoms with E-state index in [1.807, 2.05) is 0 Å². The summed E-state index contributed by atoms with van der Waals surface area (Å²) >= 11 is 0. The molecule has 1 amide bonds. The minimum atomic E-state index is -4.40. The van der Waals surface area contributed by atoms with Crippen LogP contribution in [0.4, 0.5) is 0 Å². The minimum Gasteiger partial charge on any atom is -0.391 e. The smallest absolute Gasteiger partial charge is 0.266 e. The molecule has 0 bridgehead atoms. The Morgan fingerprint density at radius 3 is 1.57 bits per heavy atom. The number of rotatable bonds is 29. The number of carbonyl (C=O) groups is 1. The highest BCUT2D eigenvalue weighted by Crippen LogP contribution is 2.15. The van der Waals surface area contributed by atoms with Crippen molar-refractivity contribution in [3.8, 4) is 0 Å². The molecule has 0 rings (SSSR count). The lowest BCUT2D eigenvalue weighted by molar-refractivity contribution is -0.131. The number of aliphatic hydroxyl groups is 2. The second-order valence-corrected chi connectivity index (χ2v) is 13.1. The average Bonchev–Trinajstić information content (AvgIpc) is 2.90. The Morgan fingerprint density at radius 1 is 0.650 bits per heavy atom. The fourth-order valence-electron chi connectivity index (χ4n) is 4.97. The van der Waals surface area contributed by atoms with Gasteiger partial charge in [0.05, 0.1) is 17.9 Å². The lowest BCUT2D eigenvalue weighted by atomic mass is 10.0. The van der Waals surface area contributed by atoms with Gasteiger partial charge in [-0.15, -0.1) is 0 Å². The summed E-state index contributed by atoms with van der Waals surface area (Å²) in [4.78, 5) is 12.5. The number of aliphatic hydroxyl groups excluding tert-OH is 2. The molecule has 0 spiro atoms. The standard InChI is InChI=1S/C32H63NO6S/c1-3-5-7-9-11-13-14-15-16-17-19-20-22-24-26-30(34)29(28-40(37,38)39)33-32(36)31(35)27-25-23-21-18-12-10-8-6-4-2/h10,12,29-31,34-35H,3-9,11,13-28H2,1-2H3,(H,33,36)(H,37,38,39)/b12-10-. The van der Waals surface area contributed by atoms with Crippen LogP contribution in [0.25, 0.3) is 0 Å². The first-order valence-corrected chi connectivity index (χ1v) is 18.1. The maximum absolute atomic E-state index is 12.5. The van der Waals surface area contributed by atoms with E-state index in [0.29, 0.717) is 19.3 Å². The second-order valence-electron chi connectivity index (χ2n) is 11.6. The number of hydrogen-bond donors (Lipinski definition) is 4. The second kappa shape index (κ2) is 26.9. The van der Waals surface area contributed by atoms with Crippen LogP contribution in [0.3, 0.4) is 0 Å². The van der Waals surface area contributed by atoms with E-state index in [1.165, 1.54) is 77.0 Å². The van der Waals surface area contributed by atoms with Gasteiger partial charge in [0.15, 0.2) is 0 Å². The summed E-state index contributed by atoms with van der Waals surface area (Å²) in [5.41, 5.74) is 0. The number of nitrogens with one attached hydrogen (secondary N) is 1. The van der Waals surface area contributed by atoms with Gasteiger partial charge in [-0.3, -0.25) is 9.35 Å². The zero-order valence-corrected chi connectivity index (χ0v) is 26.6. The van der Waals surface area contributed by atoms with Gasteiger partial charge in [0.2, 0.25) is 5.91 Å². The van der Waals surface area contributed by atoms with Gasteiger partial charge in [-0.1, -0.05) is 142 Å². The number of hydrogen-bond acceptors (Lipinski definition) is 5. The first-order valence-electron chi connectivity index (χ1n) is 16.5. The highest BCUT2D eigenvalue weighted by Gasteiger charge is 2.28. The van der Waals surface area contributed by atoms with Crippen LogP contribution in [0, 0.1) is 0 Å². The van der Waals surface area contributed by atoms with E-state index >= 15 is 0 Å². The van der Waals surface area contributed by atoms with E-state index in [-0.39, 0.29) is 6.42 Å². The first kappa shape index (κ1) is 39.0. The van der Waals surface area contributed by atoms with Gasteiger partial charge in [-0.25, -0.2) is 0 Å². The normalized spacial score (nSPS) is 14.4. The van der Waals surface area contributed by atoms with E-state index in [9.17, 15) is 28.0 Å². The molecule has 4 N–H and O–H groups in total. The zero-order valence-electron chi connectivity index (χ0n) is 25.8. The summed E-state index contributed by atoms with van der Waals surface area (Å²) in [6.45, 7) is 4.41. The van der Waals surface area contributed by atoms with Gasteiger partial charge < -0.3 is 15.5 Å². The van der Waals surface area contributed by atoms with Crippen molar-refractivity contribution in [3.05, 3.63) is 12.2 Å². The van der Waals surface area contributed by atoms with Gasteiger partial charge in [0, 0.05) is 0 Å². The average molecular weight is 590 g/mol. The summed E-state index contributed by atoms with van der Waals surface area (Å²) in [6, 6.07) is -1.15. The Morgan fingerprint density at radius 2 is 1.07 bits per heavy atom. The summed E-state index contributed by atoms with van der Waals surface area (Å²) in [6.07, 6.45) is 26.7.